The molecule has 0 aromatic heterocycles. The Morgan fingerprint density at radius 1 is 1.57 bits per heavy atom. The van der Waals surface area contributed by atoms with Gasteiger partial charge in [0.2, 0.25) is 0 Å². The molecule has 1 rings (SSSR count). The zero-order valence-electron chi connectivity index (χ0n) is 4.52. The van der Waals surface area contributed by atoms with Crippen LogP contribution in [0.2, 0.25) is 0 Å². The molecule has 38 valence electrons. The molecule has 0 aromatic rings. The van der Waals surface area contributed by atoms with Crippen LogP contribution < -0.4 is 0 Å². The number of hydrogen-bond donors (Lipinski definition) is 0. The highest BCUT2D eigenvalue weighted by atomic mass is 14.4. The first kappa shape index (κ1) is 4.64. The van der Waals surface area contributed by atoms with E-state index in [1.54, 1.807) is 0 Å². The smallest absolute Gasteiger partial charge is 0.0658 e. The van der Waals surface area contributed by atoms with Crippen LogP contribution in [0, 0.1) is 23.2 Å². The van der Waals surface area contributed by atoms with Gasteiger partial charge in [0.05, 0.1) is 6.07 Å². The monoisotopic (exact) mass is 95.1 g/mol. The fraction of sp³-hybridized carbons (Fsp3) is 0.833. The molecule has 0 spiro atoms. The van der Waals surface area contributed by atoms with E-state index in [0.29, 0.717) is 11.8 Å². The SMILES string of the molecule is C[C@H]1CC[C@H]1C#N. The summed E-state index contributed by atoms with van der Waals surface area (Å²) in [6.07, 6.45) is 2.40. The fourth-order valence-corrected chi connectivity index (χ4v) is 0.858. The van der Waals surface area contributed by atoms with E-state index < -0.39 is 0 Å². The van der Waals surface area contributed by atoms with Crippen molar-refractivity contribution in [2.45, 2.75) is 19.8 Å². The van der Waals surface area contributed by atoms with Gasteiger partial charge in [-0.15, -0.1) is 0 Å². The first-order chi connectivity index (χ1) is 3.34. The van der Waals surface area contributed by atoms with Gasteiger partial charge in [-0.25, -0.2) is 0 Å². The van der Waals surface area contributed by atoms with Crippen LogP contribution in [0.25, 0.3) is 0 Å². The van der Waals surface area contributed by atoms with E-state index in [9.17, 15) is 0 Å². The Morgan fingerprint density at radius 3 is 2.29 bits per heavy atom. The lowest BCUT2D eigenvalue weighted by atomic mass is 9.76. The number of rotatable bonds is 0. The third-order valence-electron chi connectivity index (χ3n) is 1.79. The second kappa shape index (κ2) is 1.54. The van der Waals surface area contributed by atoms with Crippen LogP contribution in [0.4, 0.5) is 0 Å². The van der Waals surface area contributed by atoms with Gasteiger partial charge in [0, 0.05) is 5.92 Å². The van der Waals surface area contributed by atoms with Crippen LogP contribution in [0.1, 0.15) is 19.8 Å². The Morgan fingerprint density at radius 2 is 2.29 bits per heavy atom. The highest BCUT2D eigenvalue weighted by Gasteiger charge is 2.25. The molecular weight excluding hydrogens is 86.1 g/mol. The Bertz CT molecular complexity index is 101. The van der Waals surface area contributed by atoms with Crippen molar-refractivity contribution in [3.05, 3.63) is 0 Å². The third-order valence-corrected chi connectivity index (χ3v) is 1.79. The Hall–Kier alpha value is -0.510. The maximum Gasteiger partial charge on any atom is 0.0658 e. The van der Waals surface area contributed by atoms with Crippen molar-refractivity contribution >= 4 is 0 Å². The topological polar surface area (TPSA) is 23.8 Å². The summed E-state index contributed by atoms with van der Waals surface area (Å²) in [6.45, 7) is 2.14. The summed E-state index contributed by atoms with van der Waals surface area (Å²) >= 11 is 0. The molecule has 1 heteroatoms. The third kappa shape index (κ3) is 0.608. The lowest BCUT2D eigenvalue weighted by Crippen LogP contribution is -2.20. The number of hydrogen-bond acceptors (Lipinski definition) is 1. The van der Waals surface area contributed by atoms with Gasteiger partial charge in [-0.1, -0.05) is 6.92 Å². The molecule has 0 N–H and O–H groups in total. The van der Waals surface area contributed by atoms with E-state index in [1.165, 1.54) is 6.42 Å². The molecule has 0 bridgehead atoms. The zero-order chi connectivity index (χ0) is 5.28. The van der Waals surface area contributed by atoms with Crippen LogP contribution in [-0.4, -0.2) is 0 Å². The quantitative estimate of drug-likeness (QED) is 0.448. The normalized spacial score (nSPS) is 38.9. The van der Waals surface area contributed by atoms with Gasteiger partial charge >= 0.3 is 0 Å². The zero-order valence-corrected chi connectivity index (χ0v) is 4.52. The fourth-order valence-electron chi connectivity index (χ4n) is 0.858. The Kier molecular flexibility index (Phi) is 1.02. The summed E-state index contributed by atoms with van der Waals surface area (Å²) in [5.41, 5.74) is 0. The van der Waals surface area contributed by atoms with Crippen molar-refractivity contribution in [3.8, 4) is 6.07 Å². The van der Waals surface area contributed by atoms with Gasteiger partial charge < -0.3 is 0 Å². The summed E-state index contributed by atoms with van der Waals surface area (Å²) in [4.78, 5) is 0. The average Bonchev–Trinajstić information content (AvgIpc) is 1.65. The van der Waals surface area contributed by atoms with E-state index in [0.717, 1.165) is 6.42 Å². The minimum absolute atomic E-state index is 0.389. The van der Waals surface area contributed by atoms with E-state index in [4.69, 9.17) is 5.26 Å². The molecule has 0 unspecified atom stereocenters. The van der Waals surface area contributed by atoms with Gasteiger partial charge in [0.15, 0.2) is 0 Å². The van der Waals surface area contributed by atoms with Crippen LogP contribution in [0.15, 0.2) is 0 Å². The van der Waals surface area contributed by atoms with E-state index in [2.05, 4.69) is 13.0 Å². The van der Waals surface area contributed by atoms with E-state index in [-0.39, 0.29) is 0 Å². The summed E-state index contributed by atoms with van der Waals surface area (Å²) in [5.74, 6) is 1.07. The van der Waals surface area contributed by atoms with Gasteiger partial charge in [-0.05, 0) is 18.8 Å². The first-order valence-electron chi connectivity index (χ1n) is 2.74. The lowest BCUT2D eigenvalue weighted by molar-refractivity contribution is 0.259. The largest absolute Gasteiger partial charge is 0.198 e. The molecule has 2 atom stereocenters. The molecule has 1 fully saturated rings. The molecule has 0 aromatic carbocycles. The molecule has 0 aliphatic heterocycles. The Balaban J connectivity index is 2.33. The second-order valence-electron chi connectivity index (χ2n) is 2.29. The number of nitriles is 1. The molecule has 0 radical (unpaired) electrons. The molecule has 0 amide bonds. The molecule has 1 saturated carbocycles. The van der Waals surface area contributed by atoms with Crippen molar-refractivity contribution in [2.75, 3.05) is 0 Å². The van der Waals surface area contributed by atoms with Crippen LogP contribution in [0.5, 0.6) is 0 Å². The summed E-state index contributed by atoms with van der Waals surface area (Å²) in [7, 11) is 0. The predicted molar refractivity (Wildman–Crippen MR) is 27.5 cm³/mol. The molecule has 0 saturated heterocycles. The van der Waals surface area contributed by atoms with Crippen molar-refractivity contribution in [1.29, 1.82) is 5.26 Å². The van der Waals surface area contributed by atoms with Crippen LogP contribution in [0.3, 0.4) is 0 Å². The van der Waals surface area contributed by atoms with E-state index >= 15 is 0 Å². The summed E-state index contributed by atoms with van der Waals surface area (Å²) in [5, 5.41) is 8.31. The van der Waals surface area contributed by atoms with Gasteiger partial charge in [-0.3, -0.25) is 0 Å². The minimum Gasteiger partial charge on any atom is -0.198 e. The Labute approximate surface area is 44.0 Å². The lowest BCUT2D eigenvalue weighted by Gasteiger charge is -2.26. The van der Waals surface area contributed by atoms with Crippen molar-refractivity contribution < 1.29 is 0 Å². The highest BCUT2D eigenvalue weighted by molar-refractivity contribution is 4.93. The van der Waals surface area contributed by atoms with Crippen molar-refractivity contribution in [1.82, 2.24) is 0 Å². The van der Waals surface area contributed by atoms with Crippen LogP contribution in [-0.2, 0) is 0 Å². The maximum atomic E-state index is 8.31. The molecule has 1 nitrogen and oxygen atoms in total. The average molecular weight is 95.1 g/mol. The number of nitrogens with zero attached hydrogens (tertiary/aromatic N) is 1. The first-order valence-corrected chi connectivity index (χ1v) is 2.74. The van der Waals surface area contributed by atoms with Crippen molar-refractivity contribution in [3.63, 3.8) is 0 Å². The molecule has 0 heterocycles. The van der Waals surface area contributed by atoms with Gasteiger partial charge in [0.25, 0.3) is 0 Å². The van der Waals surface area contributed by atoms with Crippen LogP contribution >= 0.6 is 0 Å². The summed E-state index contributed by atoms with van der Waals surface area (Å²) < 4.78 is 0. The molecule has 1 aliphatic carbocycles. The van der Waals surface area contributed by atoms with Gasteiger partial charge in [-0.2, -0.15) is 5.26 Å². The maximum absolute atomic E-state index is 8.31. The standard InChI is InChI=1S/C6H9N/c1-5-2-3-6(5)4-7/h5-6H,2-3H2,1H3/t5-,6-/m0/s1. The van der Waals surface area contributed by atoms with E-state index in [1.807, 2.05) is 0 Å². The molecular formula is C6H9N. The van der Waals surface area contributed by atoms with Gasteiger partial charge in [0.1, 0.15) is 0 Å². The summed E-state index contributed by atoms with van der Waals surface area (Å²) in [6, 6.07) is 2.25. The predicted octanol–water partition coefficient (Wildman–Crippen LogP) is 1.56. The second-order valence-corrected chi connectivity index (χ2v) is 2.29. The highest BCUT2D eigenvalue weighted by Crippen LogP contribution is 2.32. The molecule has 1 aliphatic rings. The molecule has 7 heavy (non-hydrogen) atoms. The van der Waals surface area contributed by atoms with Crippen molar-refractivity contribution in [2.24, 2.45) is 11.8 Å². The minimum atomic E-state index is 0.389.